The van der Waals surface area contributed by atoms with Gasteiger partial charge in [-0.25, -0.2) is 14.2 Å². The van der Waals surface area contributed by atoms with Crippen LogP contribution in [0.2, 0.25) is 5.02 Å². The summed E-state index contributed by atoms with van der Waals surface area (Å²) in [5.74, 6) is 0.612. The minimum atomic E-state index is -0.626. The van der Waals surface area contributed by atoms with E-state index in [0.29, 0.717) is 16.5 Å². The number of hydrogen-bond donors (Lipinski definition) is 2. The zero-order valence-corrected chi connectivity index (χ0v) is 17.1. The first kappa shape index (κ1) is 20.3. The number of nitrogens with zero attached hydrogens (tertiary/aromatic N) is 6. The van der Waals surface area contributed by atoms with Gasteiger partial charge in [0, 0.05) is 17.3 Å². The molecule has 158 valence electrons. The third kappa shape index (κ3) is 4.61. The molecule has 0 bridgehead atoms. The fourth-order valence-electron chi connectivity index (χ4n) is 2.85. The van der Waals surface area contributed by atoms with Crippen molar-refractivity contribution in [3.05, 3.63) is 80.1 Å². The molecule has 0 atom stereocenters. The van der Waals surface area contributed by atoms with Gasteiger partial charge in [-0.2, -0.15) is 10.2 Å². The van der Waals surface area contributed by atoms with Crippen molar-refractivity contribution >= 4 is 23.2 Å². The molecule has 2 N–H and O–H groups in total. The van der Waals surface area contributed by atoms with E-state index in [9.17, 15) is 9.59 Å². The Kier molecular flexibility index (Phi) is 5.76. The maximum absolute atomic E-state index is 12.9. The number of rotatable bonds is 7. The van der Waals surface area contributed by atoms with Crippen LogP contribution in [0.15, 0.2) is 58.1 Å². The van der Waals surface area contributed by atoms with Crippen LogP contribution in [0.1, 0.15) is 12.5 Å². The van der Waals surface area contributed by atoms with E-state index in [1.807, 2.05) is 12.1 Å². The van der Waals surface area contributed by atoms with Crippen molar-refractivity contribution in [2.24, 2.45) is 0 Å². The fourth-order valence-corrected chi connectivity index (χ4v) is 2.97. The first-order valence-electron chi connectivity index (χ1n) is 9.28. The molecule has 11 nitrogen and oxygen atoms in total. The third-order valence-electron chi connectivity index (χ3n) is 4.37. The van der Waals surface area contributed by atoms with E-state index < -0.39 is 11.4 Å². The van der Waals surface area contributed by atoms with Gasteiger partial charge >= 0.3 is 17.4 Å². The lowest BCUT2D eigenvalue weighted by Gasteiger charge is -2.15. The van der Waals surface area contributed by atoms with Crippen LogP contribution in [0, 0.1) is 0 Å². The number of halogens is 1. The Balaban J connectivity index is 1.64. The Morgan fingerprint density at radius 1 is 1.06 bits per heavy atom. The van der Waals surface area contributed by atoms with Crippen molar-refractivity contribution in [3.8, 4) is 11.8 Å². The molecule has 2 aromatic heterocycles. The zero-order valence-electron chi connectivity index (χ0n) is 16.3. The van der Waals surface area contributed by atoms with E-state index in [2.05, 4.69) is 30.9 Å². The molecular weight excluding hydrogens is 424 g/mol. The topological polar surface area (TPSA) is 133 Å². The maximum atomic E-state index is 12.9. The van der Waals surface area contributed by atoms with Crippen molar-refractivity contribution in [2.45, 2.75) is 20.0 Å². The van der Waals surface area contributed by atoms with Gasteiger partial charge < -0.3 is 10.1 Å². The summed E-state index contributed by atoms with van der Waals surface area (Å²) in [6, 6.07) is 13.9. The van der Waals surface area contributed by atoms with Crippen LogP contribution in [0.5, 0.6) is 11.8 Å². The lowest BCUT2D eigenvalue weighted by Crippen LogP contribution is -2.42. The Morgan fingerprint density at radius 3 is 2.45 bits per heavy atom. The monoisotopic (exact) mass is 440 g/mol. The van der Waals surface area contributed by atoms with Gasteiger partial charge in [0.1, 0.15) is 5.75 Å². The SMILES string of the molecule is CCn1c(=O)nc(Nc2ccc(Oc3nn[nH]n3)cc2)n(Cc2ccc(Cl)cc2)c1=O. The number of benzene rings is 2. The molecule has 0 saturated carbocycles. The highest BCUT2D eigenvalue weighted by Gasteiger charge is 2.13. The highest BCUT2D eigenvalue weighted by Crippen LogP contribution is 2.21. The van der Waals surface area contributed by atoms with E-state index in [4.69, 9.17) is 16.3 Å². The zero-order chi connectivity index (χ0) is 21.8. The molecule has 0 spiro atoms. The average Bonchev–Trinajstić information content (AvgIpc) is 3.27. The van der Waals surface area contributed by atoms with Crippen LogP contribution < -0.4 is 21.4 Å². The van der Waals surface area contributed by atoms with Crippen LogP contribution in [-0.2, 0) is 13.1 Å². The summed E-state index contributed by atoms with van der Waals surface area (Å²) in [6.45, 7) is 2.14. The minimum Gasteiger partial charge on any atom is -0.422 e. The Labute approximate surface area is 180 Å². The lowest BCUT2D eigenvalue weighted by atomic mass is 10.2. The molecular formula is C19H17ClN8O3. The number of aromatic amines is 1. The molecule has 2 heterocycles. The number of hydrogen-bond acceptors (Lipinski definition) is 8. The number of aromatic nitrogens is 7. The van der Waals surface area contributed by atoms with Crippen molar-refractivity contribution in [1.82, 2.24) is 34.7 Å². The van der Waals surface area contributed by atoms with Crippen LogP contribution in [0.4, 0.5) is 11.6 Å². The van der Waals surface area contributed by atoms with E-state index in [1.54, 1.807) is 43.3 Å². The Bertz CT molecular complexity index is 1280. The Hall–Kier alpha value is -3.99. The van der Waals surface area contributed by atoms with Crippen molar-refractivity contribution in [2.75, 3.05) is 5.32 Å². The van der Waals surface area contributed by atoms with Gasteiger partial charge in [-0.3, -0.25) is 4.57 Å². The van der Waals surface area contributed by atoms with Gasteiger partial charge in [0.2, 0.25) is 5.95 Å². The van der Waals surface area contributed by atoms with Crippen molar-refractivity contribution in [3.63, 3.8) is 0 Å². The molecule has 0 unspecified atom stereocenters. The molecule has 0 amide bonds. The summed E-state index contributed by atoms with van der Waals surface area (Å²) >= 11 is 5.95. The smallest absolute Gasteiger partial charge is 0.361 e. The molecule has 31 heavy (non-hydrogen) atoms. The second kappa shape index (κ2) is 8.79. The Morgan fingerprint density at radius 2 is 1.81 bits per heavy atom. The van der Waals surface area contributed by atoms with Crippen LogP contribution in [-0.4, -0.2) is 34.7 Å². The van der Waals surface area contributed by atoms with Gasteiger partial charge in [0.15, 0.2) is 0 Å². The van der Waals surface area contributed by atoms with Gasteiger partial charge in [0.25, 0.3) is 0 Å². The summed E-state index contributed by atoms with van der Waals surface area (Å²) in [5, 5.41) is 16.8. The summed E-state index contributed by atoms with van der Waals surface area (Å²) in [6.07, 6.45) is 0. The summed E-state index contributed by atoms with van der Waals surface area (Å²) in [7, 11) is 0. The molecule has 4 aromatic rings. The van der Waals surface area contributed by atoms with Gasteiger partial charge in [0.05, 0.1) is 6.54 Å². The van der Waals surface area contributed by atoms with E-state index >= 15 is 0 Å². The number of nitrogens with one attached hydrogen (secondary N) is 2. The second-order valence-corrected chi connectivity index (χ2v) is 6.84. The van der Waals surface area contributed by atoms with Crippen LogP contribution >= 0.6 is 11.6 Å². The number of anilines is 2. The standard InChI is InChI=1S/C19H17ClN8O3/c1-2-27-18(29)22-16(28(19(27)30)11-12-3-5-13(20)6-4-12)21-14-7-9-15(10-8-14)31-17-23-25-26-24-17/h3-10H,2,11H2,1H3,(H,21,22,29)(H,23,24,25,26). The molecule has 0 aliphatic rings. The van der Waals surface area contributed by atoms with Crippen molar-refractivity contribution in [1.29, 1.82) is 0 Å². The largest absolute Gasteiger partial charge is 0.422 e. The molecule has 0 aliphatic carbocycles. The molecule has 0 saturated heterocycles. The molecule has 4 rings (SSSR count). The molecule has 0 fully saturated rings. The molecule has 0 radical (unpaired) electrons. The van der Waals surface area contributed by atoms with Gasteiger partial charge in [-0.15, -0.1) is 0 Å². The summed E-state index contributed by atoms with van der Waals surface area (Å²) in [5.41, 5.74) is 0.351. The summed E-state index contributed by atoms with van der Waals surface area (Å²) < 4.78 is 7.90. The molecule has 2 aromatic carbocycles. The number of ether oxygens (including phenoxy) is 1. The highest BCUT2D eigenvalue weighted by molar-refractivity contribution is 6.30. The number of H-pyrrole nitrogens is 1. The van der Waals surface area contributed by atoms with Crippen LogP contribution in [0.25, 0.3) is 0 Å². The predicted octanol–water partition coefficient (Wildman–Crippen LogP) is 2.18. The minimum absolute atomic E-state index is 0.0855. The normalized spacial score (nSPS) is 10.8. The second-order valence-electron chi connectivity index (χ2n) is 6.40. The van der Waals surface area contributed by atoms with Crippen molar-refractivity contribution < 1.29 is 4.74 Å². The van der Waals surface area contributed by atoms with Gasteiger partial charge in [-0.1, -0.05) is 33.9 Å². The third-order valence-corrected chi connectivity index (χ3v) is 4.62. The van der Waals surface area contributed by atoms with Crippen LogP contribution in [0.3, 0.4) is 0 Å². The summed E-state index contributed by atoms with van der Waals surface area (Å²) in [4.78, 5) is 29.3. The van der Waals surface area contributed by atoms with E-state index in [-0.39, 0.29) is 25.0 Å². The molecule has 12 heteroatoms. The maximum Gasteiger partial charge on any atom is 0.361 e. The van der Waals surface area contributed by atoms with E-state index in [0.717, 1.165) is 10.1 Å². The van der Waals surface area contributed by atoms with Gasteiger partial charge in [-0.05, 0) is 54.1 Å². The quantitative estimate of drug-likeness (QED) is 0.446. The molecule has 0 aliphatic heterocycles. The fraction of sp³-hybridized carbons (Fsp3) is 0.158. The lowest BCUT2D eigenvalue weighted by molar-refractivity contribution is 0.442. The highest BCUT2D eigenvalue weighted by atomic mass is 35.5. The number of tetrazole rings is 1. The predicted molar refractivity (Wildman–Crippen MR) is 113 cm³/mol. The first-order chi connectivity index (χ1) is 15.0. The first-order valence-corrected chi connectivity index (χ1v) is 9.66. The van der Waals surface area contributed by atoms with E-state index in [1.165, 1.54) is 4.57 Å². The average molecular weight is 441 g/mol.